The van der Waals surface area contributed by atoms with E-state index < -0.39 is 162 Å². The Kier molecular flexibility index (Phi) is 36.7. The van der Waals surface area contributed by atoms with E-state index in [0.717, 1.165) is 26.2 Å². The van der Waals surface area contributed by atoms with Crippen molar-refractivity contribution in [1.82, 2.24) is 55.7 Å². The zero-order chi connectivity index (χ0) is 75.4. The van der Waals surface area contributed by atoms with E-state index in [-0.39, 0.29) is 69.1 Å². The fourth-order valence-electron chi connectivity index (χ4n) is 12.7. The number of nitrogens with zero attached hydrogens (tertiary/aromatic N) is 8. The molecule has 0 spiro atoms. The number of nitrogens with one attached hydrogen (secondary N) is 4. The molecule has 0 bridgehead atoms. The number of esters is 1. The smallest absolute Gasteiger partial charge is 0.329 e. The molecule has 13 atom stereocenters. The van der Waals surface area contributed by atoms with Gasteiger partial charge < -0.3 is 75.3 Å². The molecule has 27 heteroatoms. The minimum atomic E-state index is -1.78. The second-order valence-corrected chi connectivity index (χ2v) is 30.5. The molecule has 3 heterocycles. The Labute approximate surface area is 597 Å². The summed E-state index contributed by atoms with van der Waals surface area (Å²) in [6, 6.07) is -6.66. The maximum Gasteiger partial charge on any atom is 0.329 e. The van der Waals surface area contributed by atoms with Crippen molar-refractivity contribution in [3.05, 3.63) is 23.9 Å². The first-order valence-corrected chi connectivity index (χ1v) is 35.7. The summed E-state index contributed by atoms with van der Waals surface area (Å²) in [6.07, 6.45) is -2.96. The molecule has 2 aliphatic rings. The van der Waals surface area contributed by atoms with Crippen LogP contribution in [0.3, 0.4) is 0 Å². The van der Waals surface area contributed by atoms with Crippen molar-refractivity contribution in [2.75, 3.05) is 80.0 Å². The largest absolute Gasteiger partial charge is 0.450 e. The SMILES string of the molecule is C.CC(C)C[C@@H]1C(=O)N[C@H](CC(C)C)C(=O)N(C)[C@H](C(C)C)C(=O)N(C)[C@H]([C@H](O)[C@H](C)CCCc2cccc(N3CCOCC3)n2)C(=O)N[C@H]([C@@H](C)O)C(=O)N(C)CC(=O)N(C)[C@@H](CC(C)C)C(=O)N[C@H](CC(C)C)C(=O)N(C)[C@H](CC(C)C)C(=O)N[C@H](C)C(=O)O[C@@H](C(C)C)C(=O)N1C. The number of likely N-dealkylation sites (N-methyl/N-ethyl adjacent to an activating group) is 6. The highest BCUT2D eigenvalue weighted by molar-refractivity contribution is 5.99. The molecule has 2 fully saturated rings. The molecule has 0 radical (unpaired) electrons. The molecule has 100 heavy (non-hydrogen) atoms. The summed E-state index contributed by atoms with van der Waals surface area (Å²) in [5.74, 6) is -10.9. The van der Waals surface area contributed by atoms with Gasteiger partial charge in [-0.15, -0.1) is 0 Å². The number of hydrogen-bond acceptors (Lipinski definition) is 17. The average molecular weight is 1410 g/mol. The third-order valence-corrected chi connectivity index (χ3v) is 18.5. The Morgan fingerprint density at radius 3 is 1.43 bits per heavy atom. The van der Waals surface area contributed by atoms with E-state index in [4.69, 9.17) is 14.5 Å². The van der Waals surface area contributed by atoms with Crippen molar-refractivity contribution >= 4 is 70.9 Å². The first kappa shape index (κ1) is 89.1. The summed E-state index contributed by atoms with van der Waals surface area (Å²) >= 11 is 0. The minimum absolute atomic E-state index is 0. The van der Waals surface area contributed by atoms with Crippen LogP contribution in [0.1, 0.15) is 176 Å². The lowest BCUT2D eigenvalue weighted by molar-refractivity contribution is -0.166. The third kappa shape index (κ3) is 25.8. The number of hydrogen-bond donors (Lipinski definition) is 6. The second kappa shape index (κ2) is 41.2. The minimum Gasteiger partial charge on any atom is -0.450 e. The van der Waals surface area contributed by atoms with E-state index in [0.29, 0.717) is 45.6 Å². The molecule has 6 N–H and O–H groups in total. The number of anilines is 1. The van der Waals surface area contributed by atoms with Crippen LogP contribution < -0.4 is 26.2 Å². The monoisotopic (exact) mass is 1410 g/mol. The van der Waals surface area contributed by atoms with Gasteiger partial charge in [-0.2, -0.15) is 0 Å². The fourth-order valence-corrected chi connectivity index (χ4v) is 12.7. The maximum absolute atomic E-state index is 15.5. The molecule has 570 valence electrons. The van der Waals surface area contributed by atoms with Crippen molar-refractivity contribution in [2.24, 2.45) is 47.3 Å². The van der Waals surface area contributed by atoms with Gasteiger partial charge in [-0.05, 0) is 125 Å². The van der Waals surface area contributed by atoms with Gasteiger partial charge >= 0.3 is 5.97 Å². The van der Waals surface area contributed by atoms with Gasteiger partial charge in [0.15, 0.2) is 6.10 Å². The van der Waals surface area contributed by atoms with Gasteiger partial charge in [0.2, 0.25) is 53.2 Å². The summed E-state index contributed by atoms with van der Waals surface area (Å²) in [4.78, 5) is 177. The summed E-state index contributed by atoms with van der Waals surface area (Å²) in [7, 11) is 8.17. The quantitative estimate of drug-likeness (QED) is 0.0993. The van der Waals surface area contributed by atoms with Gasteiger partial charge in [0.05, 0.1) is 32.0 Å². The molecule has 27 nitrogen and oxygen atoms in total. The summed E-state index contributed by atoms with van der Waals surface area (Å²) in [5.41, 5.74) is 0.796. The zero-order valence-electron chi connectivity index (χ0n) is 63.8. The number of aliphatic hydroxyl groups excluding tert-OH is 2. The number of carbonyl (C=O) groups is 11. The molecular formula is C73H128N12O15. The Morgan fingerprint density at radius 1 is 0.520 bits per heavy atom. The van der Waals surface area contributed by atoms with Crippen LogP contribution in [0.4, 0.5) is 5.82 Å². The van der Waals surface area contributed by atoms with Gasteiger partial charge in [-0.1, -0.05) is 117 Å². The Bertz CT molecular complexity index is 2860. The van der Waals surface area contributed by atoms with Crippen molar-refractivity contribution in [3.63, 3.8) is 0 Å². The van der Waals surface area contributed by atoms with Gasteiger partial charge in [0.1, 0.15) is 60.2 Å². The molecule has 1 aromatic rings. The highest BCUT2D eigenvalue weighted by atomic mass is 16.6. The van der Waals surface area contributed by atoms with E-state index in [1.54, 1.807) is 34.6 Å². The fraction of sp³-hybridized carbons (Fsp3) is 0.781. The number of morpholine rings is 1. The number of ether oxygens (including phenoxy) is 2. The van der Waals surface area contributed by atoms with Crippen LogP contribution in [0.15, 0.2) is 18.2 Å². The molecule has 0 saturated carbocycles. The Hall–Kier alpha value is -7.00. The van der Waals surface area contributed by atoms with Crippen molar-refractivity contribution in [2.45, 2.75) is 249 Å². The number of aromatic nitrogens is 1. The van der Waals surface area contributed by atoms with Crippen LogP contribution >= 0.6 is 0 Å². The zero-order valence-corrected chi connectivity index (χ0v) is 63.8. The Balaban J connectivity index is 0.0000340. The number of rotatable bonds is 20. The van der Waals surface area contributed by atoms with Crippen LogP contribution in [-0.2, 0) is 68.6 Å². The average Bonchev–Trinajstić information content (AvgIpc) is 0.825. The molecule has 3 rings (SSSR count). The number of aryl methyl sites for hydroxylation is 1. The molecule has 1 aromatic heterocycles. The summed E-state index contributed by atoms with van der Waals surface area (Å²) in [5, 5.41) is 35.0. The number of carbonyl (C=O) groups excluding carboxylic acids is 11. The highest BCUT2D eigenvalue weighted by Crippen LogP contribution is 2.26. The third-order valence-electron chi connectivity index (χ3n) is 18.5. The number of aliphatic hydroxyl groups is 2. The lowest BCUT2D eigenvalue weighted by Crippen LogP contribution is -2.64. The molecule has 2 aliphatic heterocycles. The van der Waals surface area contributed by atoms with Crippen LogP contribution in [0, 0.1) is 47.3 Å². The normalized spacial score (nSPS) is 25.6. The van der Waals surface area contributed by atoms with Crippen LogP contribution in [0.25, 0.3) is 0 Å². The van der Waals surface area contributed by atoms with Crippen LogP contribution in [0.2, 0.25) is 0 Å². The standard InChI is InChI=1S/C72H124N12O15.CH4/c1-40(2)34-51-67(92)80(20)54(37-43(7)8)63(88)73-48(16)72(97)99-62(46(13)14)71(96)81(21)55(38-44(9)10)65(90)76-52(35-41(3)4)68(93)82(22)59(45(11)12)70(95)83(23)60(61(87)47(15)26-24-27-50-28-25-29-56(74-50)84-30-32-98-33-31-84)66(91)77-58(49(17)85)69(94)78(18)39-57(86)79(19)53(36-42(5)6)64(89)75-51;/h25,28-29,40-49,51-55,58-62,85,87H,24,26-27,30-39H2,1-23H3,(H,73,88)(H,75,89)(H,76,90)(H,77,91);1H4/t47-,48-,49-,51-,52-,53+,54-,55-,58-,59-,60-,61-,62+;/m1./s1. The summed E-state index contributed by atoms with van der Waals surface area (Å²) < 4.78 is 11.5. The number of cyclic esters (lactones) is 1. The molecule has 2 saturated heterocycles. The maximum atomic E-state index is 15.5. The van der Waals surface area contributed by atoms with Crippen molar-refractivity contribution in [3.8, 4) is 0 Å². The molecule has 0 aliphatic carbocycles. The summed E-state index contributed by atoms with van der Waals surface area (Å²) in [6.45, 7) is 31.3. The number of pyridine rings is 1. The van der Waals surface area contributed by atoms with Gasteiger partial charge in [-0.3, -0.25) is 47.9 Å². The van der Waals surface area contributed by atoms with Crippen LogP contribution in [0.5, 0.6) is 0 Å². The van der Waals surface area contributed by atoms with Gasteiger partial charge in [0, 0.05) is 61.1 Å². The first-order chi connectivity index (χ1) is 46.0. The van der Waals surface area contributed by atoms with E-state index in [1.165, 1.54) is 70.8 Å². The van der Waals surface area contributed by atoms with E-state index in [9.17, 15) is 48.6 Å². The van der Waals surface area contributed by atoms with Crippen LogP contribution in [-0.4, -0.2) is 257 Å². The van der Waals surface area contributed by atoms with Gasteiger partial charge in [0.25, 0.3) is 5.91 Å². The lowest BCUT2D eigenvalue weighted by atomic mass is 9.90. The van der Waals surface area contributed by atoms with E-state index >= 15 is 14.4 Å². The molecule has 0 aromatic carbocycles. The lowest BCUT2D eigenvalue weighted by Gasteiger charge is -2.40. The molecule has 10 amide bonds. The molecular weight excluding hydrogens is 1280 g/mol. The predicted molar refractivity (Wildman–Crippen MR) is 384 cm³/mol. The number of amides is 10. The topological polar surface area (TPSA) is 330 Å². The highest BCUT2D eigenvalue weighted by Gasteiger charge is 2.46. The van der Waals surface area contributed by atoms with Crippen molar-refractivity contribution < 1.29 is 72.4 Å². The van der Waals surface area contributed by atoms with Gasteiger partial charge in [-0.25, -0.2) is 9.78 Å². The first-order valence-electron chi connectivity index (χ1n) is 35.7. The Morgan fingerprint density at radius 2 is 0.970 bits per heavy atom. The van der Waals surface area contributed by atoms with E-state index in [2.05, 4.69) is 26.2 Å². The second-order valence-electron chi connectivity index (χ2n) is 30.5. The molecule has 0 unspecified atom stereocenters. The van der Waals surface area contributed by atoms with E-state index in [1.807, 2.05) is 87.4 Å². The predicted octanol–water partition coefficient (Wildman–Crippen LogP) is 4.28. The van der Waals surface area contributed by atoms with Crippen molar-refractivity contribution in [1.29, 1.82) is 0 Å².